The van der Waals surface area contributed by atoms with Gasteiger partial charge in [-0.3, -0.25) is 4.98 Å². The highest BCUT2D eigenvalue weighted by Crippen LogP contribution is 2.52. The molecule has 2 aromatic heterocycles. The second kappa shape index (κ2) is 5.95. The Balaban J connectivity index is 1.86. The van der Waals surface area contributed by atoms with Crippen LogP contribution in [-0.2, 0) is 12.8 Å². The fraction of sp³-hybridized carbons (Fsp3) is 0.370. The number of aromatic nitrogens is 1. The average Bonchev–Trinajstić information content (AvgIpc) is 3.08. The van der Waals surface area contributed by atoms with Gasteiger partial charge in [0.2, 0.25) is 0 Å². The fourth-order valence-corrected chi connectivity index (χ4v) is 5.04. The molecule has 2 nitrogen and oxygen atoms in total. The molecule has 0 saturated carbocycles. The van der Waals surface area contributed by atoms with Crippen LogP contribution in [-0.4, -0.2) is 4.98 Å². The van der Waals surface area contributed by atoms with E-state index in [1.807, 2.05) is 12.3 Å². The van der Waals surface area contributed by atoms with Crippen LogP contribution in [0.4, 0.5) is 0 Å². The number of hydrogen-bond acceptors (Lipinski definition) is 2. The van der Waals surface area contributed by atoms with Crippen molar-refractivity contribution < 1.29 is 4.42 Å². The van der Waals surface area contributed by atoms with Crippen molar-refractivity contribution in [1.82, 2.24) is 4.98 Å². The number of hydrogen-bond donors (Lipinski definition) is 0. The van der Waals surface area contributed by atoms with Crippen LogP contribution >= 0.6 is 0 Å². The Bertz CT molecular complexity index is 1260. The lowest BCUT2D eigenvalue weighted by Crippen LogP contribution is -2.40. The summed E-state index contributed by atoms with van der Waals surface area (Å²) in [5.74, 6) is 0. The van der Waals surface area contributed by atoms with Gasteiger partial charge in [0.15, 0.2) is 5.58 Å². The number of nitrogens with zero attached hydrogens (tertiary/aromatic N) is 1. The van der Waals surface area contributed by atoms with Gasteiger partial charge in [0, 0.05) is 22.5 Å². The summed E-state index contributed by atoms with van der Waals surface area (Å²) < 4.78 is 6.57. The second-order valence-electron chi connectivity index (χ2n) is 10.0. The Kier molecular flexibility index (Phi) is 3.78. The predicted octanol–water partition coefficient (Wildman–Crippen LogP) is 7.42. The van der Waals surface area contributed by atoms with Crippen molar-refractivity contribution in [3.05, 3.63) is 64.8 Å². The molecular weight excluding hydrogens is 354 g/mol. The van der Waals surface area contributed by atoms with Crippen LogP contribution in [0.25, 0.3) is 33.2 Å². The number of rotatable bonds is 1. The van der Waals surface area contributed by atoms with Crippen molar-refractivity contribution in [1.29, 1.82) is 0 Å². The molecule has 0 atom stereocenters. The first kappa shape index (κ1) is 18.4. The fourth-order valence-electron chi connectivity index (χ4n) is 5.04. The molecule has 1 aliphatic carbocycles. The van der Waals surface area contributed by atoms with E-state index in [1.165, 1.54) is 33.0 Å². The smallest absolute Gasteiger partial charge is 0.161 e. The molecule has 0 saturated heterocycles. The highest BCUT2D eigenvalue weighted by Gasteiger charge is 2.43. The molecule has 5 rings (SSSR count). The second-order valence-corrected chi connectivity index (χ2v) is 10.0. The Morgan fingerprint density at radius 3 is 2.07 bits per heavy atom. The maximum absolute atomic E-state index is 6.57. The van der Waals surface area contributed by atoms with E-state index in [9.17, 15) is 0 Å². The summed E-state index contributed by atoms with van der Waals surface area (Å²) in [6.07, 6.45) is 4.13. The molecule has 0 N–H and O–H groups in total. The van der Waals surface area contributed by atoms with Crippen molar-refractivity contribution in [2.75, 3.05) is 0 Å². The molecule has 4 aromatic rings. The number of fused-ring (bicyclic) bond motifs is 4. The van der Waals surface area contributed by atoms with Crippen LogP contribution in [0.1, 0.15) is 49.9 Å². The summed E-state index contributed by atoms with van der Waals surface area (Å²) in [4.78, 5) is 4.68. The van der Waals surface area contributed by atoms with E-state index in [2.05, 4.69) is 76.9 Å². The molecule has 0 bridgehead atoms. The standard InChI is InChI=1S/C27H29NO/c1-16-20-14-26(3,4)27(5,6)15-21(20)17(2)24-22(16)19-12-13-28-23(25(19)29-24)18-10-8-7-9-11-18/h7-13H,14-15H2,1-6H3. The number of benzene rings is 2. The lowest BCUT2D eigenvalue weighted by atomic mass is 9.57. The van der Waals surface area contributed by atoms with Crippen molar-refractivity contribution in [3.63, 3.8) is 0 Å². The predicted molar refractivity (Wildman–Crippen MR) is 121 cm³/mol. The lowest BCUT2D eigenvalue weighted by Gasteiger charge is -2.47. The van der Waals surface area contributed by atoms with E-state index in [1.54, 1.807) is 0 Å². The van der Waals surface area contributed by atoms with Crippen LogP contribution in [0, 0.1) is 24.7 Å². The topological polar surface area (TPSA) is 26.0 Å². The molecule has 0 aliphatic heterocycles. The Morgan fingerprint density at radius 1 is 0.793 bits per heavy atom. The minimum absolute atomic E-state index is 0.258. The quantitative estimate of drug-likeness (QED) is 0.342. The van der Waals surface area contributed by atoms with Crippen molar-refractivity contribution in [3.8, 4) is 11.3 Å². The normalized spacial score (nSPS) is 17.6. The van der Waals surface area contributed by atoms with Gasteiger partial charge in [0.25, 0.3) is 0 Å². The number of furan rings is 1. The van der Waals surface area contributed by atoms with Crippen molar-refractivity contribution in [2.45, 2.75) is 54.4 Å². The molecule has 29 heavy (non-hydrogen) atoms. The lowest BCUT2D eigenvalue weighted by molar-refractivity contribution is 0.0961. The zero-order valence-corrected chi connectivity index (χ0v) is 18.3. The Hall–Kier alpha value is -2.61. The van der Waals surface area contributed by atoms with Crippen molar-refractivity contribution in [2.24, 2.45) is 10.8 Å². The summed E-state index contributed by atoms with van der Waals surface area (Å²) in [5.41, 5.74) is 10.2. The maximum atomic E-state index is 6.57. The first-order valence-corrected chi connectivity index (χ1v) is 10.6. The first-order valence-electron chi connectivity index (χ1n) is 10.6. The van der Waals surface area contributed by atoms with E-state index in [4.69, 9.17) is 4.42 Å². The molecule has 0 unspecified atom stereocenters. The molecule has 2 aromatic carbocycles. The largest absolute Gasteiger partial charge is 0.453 e. The van der Waals surface area contributed by atoms with Crippen LogP contribution < -0.4 is 0 Å². The van der Waals surface area contributed by atoms with Crippen LogP contribution in [0.5, 0.6) is 0 Å². The van der Waals surface area contributed by atoms with Crippen LogP contribution in [0.3, 0.4) is 0 Å². The van der Waals surface area contributed by atoms with Gasteiger partial charge in [-0.15, -0.1) is 0 Å². The molecule has 2 heteroatoms. The average molecular weight is 384 g/mol. The highest BCUT2D eigenvalue weighted by molar-refractivity contribution is 6.11. The molecule has 0 fully saturated rings. The van der Waals surface area contributed by atoms with Gasteiger partial charge in [0.1, 0.15) is 11.3 Å². The molecule has 0 spiro atoms. The molecule has 0 amide bonds. The van der Waals surface area contributed by atoms with Gasteiger partial charge in [0.05, 0.1) is 0 Å². The van der Waals surface area contributed by atoms with Gasteiger partial charge in [-0.05, 0) is 65.8 Å². The van der Waals surface area contributed by atoms with E-state index in [0.717, 1.165) is 35.3 Å². The minimum atomic E-state index is 0.258. The third kappa shape index (κ3) is 2.51. The zero-order valence-electron chi connectivity index (χ0n) is 18.3. The summed E-state index contributed by atoms with van der Waals surface area (Å²) in [7, 11) is 0. The number of aryl methyl sites for hydroxylation is 2. The summed E-state index contributed by atoms with van der Waals surface area (Å²) in [6.45, 7) is 14.2. The van der Waals surface area contributed by atoms with Gasteiger partial charge in [-0.25, -0.2) is 0 Å². The van der Waals surface area contributed by atoms with Gasteiger partial charge in [-0.1, -0.05) is 58.0 Å². The Morgan fingerprint density at radius 2 is 1.41 bits per heavy atom. The minimum Gasteiger partial charge on any atom is -0.453 e. The van der Waals surface area contributed by atoms with E-state index < -0.39 is 0 Å². The third-order valence-electron chi connectivity index (χ3n) is 7.71. The SMILES string of the molecule is Cc1c2c(c(C)c3c1oc1c(-c4ccccc4)nccc13)CC(C)(C)C(C)(C)C2. The molecule has 1 aliphatic rings. The third-order valence-corrected chi connectivity index (χ3v) is 7.71. The number of pyridine rings is 1. The summed E-state index contributed by atoms with van der Waals surface area (Å²) in [6, 6.07) is 12.5. The highest BCUT2D eigenvalue weighted by atomic mass is 16.3. The van der Waals surface area contributed by atoms with E-state index >= 15 is 0 Å². The molecule has 148 valence electrons. The first-order chi connectivity index (χ1) is 13.7. The van der Waals surface area contributed by atoms with Crippen molar-refractivity contribution >= 4 is 21.9 Å². The van der Waals surface area contributed by atoms with Gasteiger partial charge < -0.3 is 4.42 Å². The zero-order chi connectivity index (χ0) is 20.6. The molecular formula is C27H29NO. The van der Waals surface area contributed by atoms with Crippen LogP contribution in [0.2, 0.25) is 0 Å². The van der Waals surface area contributed by atoms with Gasteiger partial charge in [-0.2, -0.15) is 0 Å². The Labute approximate surface area is 173 Å². The summed E-state index contributed by atoms with van der Waals surface area (Å²) >= 11 is 0. The van der Waals surface area contributed by atoms with E-state index in [-0.39, 0.29) is 10.8 Å². The maximum Gasteiger partial charge on any atom is 0.161 e. The monoisotopic (exact) mass is 383 g/mol. The summed E-state index contributed by atoms with van der Waals surface area (Å²) in [5, 5.41) is 2.45. The van der Waals surface area contributed by atoms with Crippen LogP contribution in [0.15, 0.2) is 47.0 Å². The van der Waals surface area contributed by atoms with Gasteiger partial charge >= 0.3 is 0 Å². The molecule has 0 radical (unpaired) electrons. The van der Waals surface area contributed by atoms with E-state index in [0.29, 0.717) is 0 Å². The molecule has 2 heterocycles.